The van der Waals surface area contributed by atoms with Gasteiger partial charge in [-0.25, -0.2) is 4.79 Å². The fraction of sp³-hybridized carbons (Fsp3) is 0. The highest BCUT2D eigenvalue weighted by molar-refractivity contribution is 6.20. The highest BCUT2D eigenvalue weighted by atomic mass is 16.2. The minimum Gasteiger partial charge on any atom is -0.313 e. The number of carbonyl (C=O) groups excluding carboxylic acids is 1. The van der Waals surface area contributed by atoms with Crippen LogP contribution in [0.4, 0.5) is 0 Å². The highest BCUT2D eigenvalue weighted by Gasteiger charge is 2.16. The van der Waals surface area contributed by atoms with Crippen LogP contribution in [0.1, 0.15) is 5.69 Å². The third kappa shape index (κ3) is 1.28. The Hall–Kier alpha value is -2.11. The molecule has 2 heterocycles. The second-order valence-corrected chi connectivity index (χ2v) is 2.34. The number of rotatable bonds is 1. The maximum atomic E-state index is 11.0. The highest BCUT2D eigenvalue weighted by Crippen LogP contribution is 2.16. The summed E-state index contributed by atoms with van der Waals surface area (Å²) in [6.07, 6.45) is 2.70. The van der Waals surface area contributed by atoms with Gasteiger partial charge in [0.15, 0.2) is 0 Å². The Morgan fingerprint density at radius 3 is 2.77 bits per heavy atom. The van der Waals surface area contributed by atoms with Crippen molar-refractivity contribution in [1.29, 1.82) is 0 Å². The maximum Gasteiger partial charge on any atom is 0.345 e. The zero-order chi connectivity index (χ0) is 9.26. The van der Waals surface area contributed by atoms with Crippen molar-refractivity contribution >= 4 is 11.5 Å². The molecule has 64 valence electrons. The fourth-order valence-electron chi connectivity index (χ4n) is 0.945. The summed E-state index contributed by atoms with van der Waals surface area (Å²) in [6, 6.07) is 1.52. The van der Waals surface area contributed by atoms with Crippen LogP contribution < -0.4 is 5.69 Å². The van der Waals surface area contributed by atoms with E-state index in [2.05, 4.69) is 20.2 Å². The lowest BCUT2D eigenvalue weighted by Crippen LogP contribution is -2.12. The molecule has 6 heteroatoms. The Balaban J connectivity index is 2.48. The van der Waals surface area contributed by atoms with Gasteiger partial charge < -0.3 is 4.98 Å². The van der Waals surface area contributed by atoms with Crippen molar-refractivity contribution in [3.63, 3.8) is 0 Å². The molecule has 1 N–H and O–H groups in total. The minimum atomic E-state index is -0.502. The van der Waals surface area contributed by atoms with Crippen molar-refractivity contribution in [3.8, 4) is 0 Å². The summed E-state index contributed by atoms with van der Waals surface area (Å²) < 4.78 is 0. The average Bonchev–Trinajstić information content (AvgIpc) is 2.51. The molecule has 0 unspecified atom stereocenters. The number of hydrogen-bond acceptors (Lipinski definition) is 4. The van der Waals surface area contributed by atoms with Gasteiger partial charge in [-0.3, -0.25) is 4.79 Å². The van der Waals surface area contributed by atoms with Gasteiger partial charge in [-0.2, -0.15) is 10.1 Å². The van der Waals surface area contributed by atoms with E-state index in [0.717, 1.165) is 0 Å². The molecule has 0 radical (unpaired) electrons. The molecule has 1 aromatic rings. The number of aromatic amines is 1. The first-order valence-corrected chi connectivity index (χ1v) is 3.49. The van der Waals surface area contributed by atoms with E-state index in [0.29, 0.717) is 5.69 Å². The van der Waals surface area contributed by atoms with E-state index in [9.17, 15) is 9.59 Å². The van der Waals surface area contributed by atoms with Crippen molar-refractivity contribution in [2.24, 2.45) is 10.2 Å². The lowest BCUT2D eigenvalue weighted by Gasteiger charge is -1.94. The van der Waals surface area contributed by atoms with Gasteiger partial charge in [0, 0.05) is 6.20 Å². The monoisotopic (exact) mass is 176 g/mol. The number of amides is 1. The number of carbonyl (C=O) groups is 1. The van der Waals surface area contributed by atoms with Crippen LogP contribution >= 0.6 is 0 Å². The van der Waals surface area contributed by atoms with Crippen LogP contribution in [0, 0.1) is 0 Å². The summed E-state index contributed by atoms with van der Waals surface area (Å²) >= 11 is 0. The summed E-state index contributed by atoms with van der Waals surface area (Å²) in [5, 5.41) is 6.68. The standard InChI is InChI=1S/C7H4N4O2/c12-6-4(3-9-11-6)5-1-2-8-7(13)10-5/h1-3H,(H,8,10,13). The van der Waals surface area contributed by atoms with Crippen LogP contribution in [-0.2, 0) is 4.79 Å². The summed E-state index contributed by atoms with van der Waals surface area (Å²) in [5.41, 5.74) is 0.0305. The second kappa shape index (κ2) is 2.74. The summed E-state index contributed by atoms with van der Waals surface area (Å²) in [7, 11) is 0. The normalized spacial score (nSPS) is 14.8. The molecule has 2 rings (SSSR count). The van der Waals surface area contributed by atoms with Gasteiger partial charge in [-0.15, -0.1) is 5.11 Å². The lowest BCUT2D eigenvalue weighted by atomic mass is 10.2. The maximum absolute atomic E-state index is 11.0. The first-order valence-electron chi connectivity index (χ1n) is 3.49. The molecule has 1 aliphatic rings. The van der Waals surface area contributed by atoms with Crippen LogP contribution in [0.5, 0.6) is 0 Å². The molecule has 0 fully saturated rings. The number of hydrogen-bond donors (Lipinski definition) is 1. The van der Waals surface area contributed by atoms with Crippen LogP contribution in [-0.4, -0.2) is 15.9 Å². The molecule has 0 aromatic carbocycles. The minimum absolute atomic E-state index is 0.242. The molecular formula is C7H4N4O2. The molecule has 1 amide bonds. The van der Waals surface area contributed by atoms with Crippen molar-refractivity contribution < 1.29 is 4.79 Å². The van der Waals surface area contributed by atoms with Gasteiger partial charge in [0.25, 0.3) is 5.91 Å². The van der Waals surface area contributed by atoms with Gasteiger partial charge in [-0.1, -0.05) is 0 Å². The van der Waals surface area contributed by atoms with E-state index >= 15 is 0 Å². The molecule has 13 heavy (non-hydrogen) atoms. The topological polar surface area (TPSA) is 87.5 Å². The Bertz CT molecular complexity index is 471. The molecular weight excluding hydrogens is 172 g/mol. The van der Waals surface area contributed by atoms with Crippen LogP contribution in [0.15, 0.2) is 33.5 Å². The van der Waals surface area contributed by atoms with Crippen molar-refractivity contribution in [2.75, 3.05) is 0 Å². The molecule has 0 saturated heterocycles. The predicted molar refractivity (Wildman–Crippen MR) is 42.7 cm³/mol. The molecule has 0 aliphatic carbocycles. The van der Waals surface area contributed by atoms with Crippen molar-refractivity contribution in [3.05, 3.63) is 34.6 Å². The summed E-state index contributed by atoms with van der Waals surface area (Å²) in [4.78, 5) is 27.7. The Labute approximate surface area is 72.0 Å². The van der Waals surface area contributed by atoms with E-state index in [4.69, 9.17) is 0 Å². The van der Waals surface area contributed by atoms with Crippen molar-refractivity contribution in [2.45, 2.75) is 0 Å². The van der Waals surface area contributed by atoms with Gasteiger partial charge in [0.2, 0.25) is 0 Å². The number of azo groups is 1. The summed E-state index contributed by atoms with van der Waals surface area (Å²) in [5.74, 6) is -0.474. The van der Waals surface area contributed by atoms with E-state index < -0.39 is 11.6 Å². The third-order valence-corrected chi connectivity index (χ3v) is 1.51. The summed E-state index contributed by atoms with van der Waals surface area (Å²) in [6.45, 7) is 0. The number of nitrogens with zero attached hydrogens (tertiary/aromatic N) is 3. The number of aromatic nitrogens is 2. The quantitative estimate of drug-likeness (QED) is 0.658. The van der Waals surface area contributed by atoms with Gasteiger partial charge in [0.05, 0.1) is 17.5 Å². The smallest absolute Gasteiger partial charge is 0.313 e. The number of H-pyrrole nitrogens is 1. The van der Waals surface area contributed by atoms with Gasteiger partial charge in [0.1, 0.15) is 0 Å². The fourth-order valence-corrected chi connectivity index (χ4v) is 0.945. The lowest BCUT2D eigenvalue weighted by molar-refractivity contribution is -0.112. The Morgan fingerprint density at radius 1 is 1.31 bits per heavy atom. The molecule has 0 atom stereocenters. The van der Waals surface area contributed by atoms with Gasteiger partial charge in [-0.05, 0) is 6.07 Å². The van der Waals surface area contributed by atoms with Crippen LogP contribution in [0.2, 0.25) is 0 Å². The Kier molecular flexibility index (Phi) is 1.59. The molecule has 0 saturated carbocycles. The second-order valence-electron chi connectivity index (χ2n) is 2.34. The molecule has 0 spiro atoms. The number of nitrogens with one attached hydrogen (secondary N) is 1. The van der Waals surface area contributed by atoms with Gasteiger partial charge >= 0.3 is 5.69 Å². The van der Waals surface area contributed by atoms with E-state index in [1.165, 1.54) is 18.5 Å². The molecule has 6 nitrogen and oxygen atoms in total. The SMILES string of the molecule is O=C1N=NC=C1c1cc[nH]c(=O)n1. The van der Waals surface area contributed by atoms with Crippen LogP contribution in [0.3, 0.4) is 0 Å². The largest absolute Gasteiger partial charge is 0.345 e. The Morgan fingerprint density at radius 2 is 2.15 bits per heavy atom. The van der Waals surface area contributed by atoms with E-state index in [-0.39, 0.29) is 5.57 Å². The predicted octanol–water partition coefficient (Wildman–Crippen LogP) is 0.103. The first kappa shape index (κ1) is 7.53. The van der Waals surface area contributed by atoms with E-state index in [1.807, 2.05) is 0 Å². The average molecular weight is 176 g/mol. The zero-order valence-electron chi connectivity index (χ0n) is 6.39. The van der Waals surface area contributed by atoms with Crippen molar-refractivity contribution in [1.82, 2.24) is 9.97 Å². The molecule has 0 bridgehead atoms. The molecule has 1 aromatic heterocycles. The zero-order valence-corrected chi connectivity index (χ0v) is 6.39. The van der Waals surface area contributed by atoms with Crippen LogP contribution in [0.25, 0.3) is 5.57 Å². The van der Waals surface area contributed by atoms with E-state index in [1.54, 1.807) is 0 Å². The first-order chi connectivity index (χ1) is 6.27. The molecule has 1 aliphatic heterocycles. The third-order valence-electron chi connectivity index (χ3n) is 1.51.